The van der Waals surface area contributed by atoms with Gasteiger partial charge in [-0.1, -0.05) is 6.42 Å². The standard InChI is InChI=1S/C12H19NO3/c1-12(2,11(15)16)13-10(14)9-6-7-3-4-8(9)5-7/h7-9H,3-6H2,1-2H3,(H,13,14)(H,15,16). The molecule has 0 aliphatic heterocycles. The van der Waals surface area contributed by atoms with Crippen LogP contribution in [0, 0.1) is 17.8 Å². The van der Waals surface area contributed by atoms with Crippen LogP contribution in [0.3, 0.4) is 0 Å². The summed E-state index contributed by atoms with van der Waals surface area (Å²) in [5, 5.41) is 11.6. The van der Waals surface area contributed by atoms with Crippen molar-refractivity contribution in [3.8, 4) is 0 Å². The van der Waals surface area contributed by atoms with E-state index >= 15 is 0 Å². The molecule has 3 unspecified atom stereocenters. The van der Waals surface area contributed by atoms with Crippen molar-refractivity contribution >= 4 is 11.9 Å². The number of aliphatic carboxylic acids is 1. The zero-order chi connectivity index (χ0) is 11.9. The van der Waals surface area contributed by atoms with Crippen LogP contribution in [-0.2, 0) is 9.59 Å². The normalized spacial score (nSPS) is 32.8. The van der Waals surface area contributed by atoms with Crippen molar-refractivity contribution in [2.75, 3.05) is 0 Å². The lowest BCUT2D eigenvalue weighted by Crippen LogP contribution is -2.52. The third kappa shape index (κ3) is 1.93. The molecule has 16 heavy (non-hydrogen) atoms. The maximum atomic E-state index is 12.0. The van der Waals surface area contributed by atoms with Crippen LogP contribution in [0.15, 0.2) is 0 Å². The Hall–Kier alpha value is -1.06. The summed E-state index contributed by atoms with van der Waals surface area (Å²) in [5.74, 6) is 0.198. The van der Waals surface area contributed by atoms with E-state index in [0.29, 0.717) is 11.8 Å². The Balaban J connectivity index is 1.96. The highest BCUT2D eigenvalue weighted by Gasteiger charge is 2.44. The number of hydrogen-bond acceptors (Lipinski definition) is 2. The molecule has 2 rings (SSSR count). The van der Waals surface area contributed by atoms with Crippen LogP contribution in [0.2, 0.25) is 0 Å². The molecule has 2 aliphatic rings. The van der Waals surface area contributed by atoms with E-state index in [-0.39, 0.29) is 11.8 Å². The molecule has 2 aliphatic carbocycles. The number of carboxylic acids is 1. The summed E-state index contributed by atoms with van der Waals surface area (Å²) in [6.45, 7) is 3.06. The summed E-state index contributed by atoms with van der Waals surface area (Å²) in [4.78, 5) is 22.9. The number of nitrogens with one attached hydrogen (secondary N) is 1. The monoisotopic (exact) mass is 225 g/mol. The Morgan fingerprint density at radius 1 is 1.25 bits per heavy atom. The minimum Gasteiger partial charge on any atom is -0.480 e. The molecule has 3 atom stereocenters. The van der Waals surface area contributed by atoms with Crippen molar-refractivity contribution in [3.05, 3.63) is 0 Å². The number of rotatable bonds is 3. The summed E-state index contributed by atoms with van der Waals surface area (Å²) < 4.78 is 0. The van der Waals surface area contributed by atoms with Gasteiger partial charge in [-0.3, -0.25) is 4.79 Å². The summed E-state index contributed by atoms with van der Waals surface area (Å²) in [6.07, 6.45) is 4.49. The first-order valence-corrected chi connectivity index (χ1v) is 5.95. The first-order chi connectivity index (χ1) is 7.40. The van der Waals surface area contributed by atoms with E-state index < -0.39 is 11.5 Å². The molecule has 0 aromatic rings. The summed E-state index contributed by atoms with van der Waals surface area (Å²) in [6, 6.07) is 0. The second-order valence-corrected chi connectivity index (χ2v) is 5.70. The molecule has 2 fully saturated rings. The highest BCUT2D eigenvalue weighted by atomic mass is 16.4. The molecule has 2 saturated carbocycles. The molecule has 0 spiro atoms. The summed E-state index contributed by atoms with van der Waals surface area (Å²) in [7, 11) is 0. The predicted octanol–water partition coefficient (Wildman–Crippen LogP) is 1.40. The fraction of sp³-hybridized carbons (Fsp3) is 0.833. The molecular formula is C12H19NO3. The fourth-order valence-electron chi connectivity index (χ4n) is 3.02. The lowest BCUT2D eigenvalue weighted by Gasteiger charge is -2.26. The quantitative estimate of drug-likeness (QED) is 0.763. The van der Waals surface area contributed by atoms with Crippen LogP contribution in [0.1, 0.15) is 39.5 Å². The number of hydrogen-bond donors (Lipinski definition) is 2. The lowest BCUT2D eigenvalue weighted by molar-refractivity contribution is -0.147. The average Bonchev–Trinajstić information content (AvgIpc) is 2.77. The van der Waals surface area contributed by atoms with E-state index in [2.05, 4.69) is 5.32 Å². The highest BCUT2D eigenvalue weighted by Crippen LogP contribution is 2.48. The molecule has 2 N–H and O–H groups in total. The van der Waals surface area contributed by atoms with E-state index in [9.17, 15) is 9.59 Å². The Bertz CT molecular complexity index is 324. The number of amides is 1. The van der Waals surface area contributed by atoms with Gasteiger partial charge in [0.1, 0.15) is 5.54 Å². The molecular weight excluding hydrogens is 206 g/mol. The Morgan fingerprint density at radius 2 is 1.94 bits per heavy atom. The van der Waals surface area contributed by atoms with Gasteiger partial charge < -0.3 is 10.4 Å². The van der Waals surface area contributed by atoms with Gasteiger partial charge >= 0.3 is 5.97 Å². The third-order valence-corrected chi connectivity index (χ3v) is 4.05. The predicted molar refractivity (Wildman–Crippen MR) is 58.8 cm³/mol. The van der Waals surface area contributed by atoms with E-state index in [0.717, 1.165) is 19.3 Å². The largest absolute Gasteiger partial charge is 0.480 e. The molecule has 2 bridgehead atoms. The van der Waals surface area contributed by atoms with Gasteiger partial charge in [0.05, 0.1) is 0 Å². The van der Waals surface area contributed by atoms with E-state index in [1.807, 2.05) is 0 Å². The van der Waals surface area contributed by atoms with Crippen molar-refractivity contribution in [2.24, 2.45) is 17.8 Å². The van der Waals surface area contributed by atoms with Crippen LogP contribution in [0.5, 0.6) is 0 Å². The third-order valence-electron chi connectivity index (χ3n) is 4.05. The van der Waals surface area contributed by atoms with Crippen molar-refractivity contribution in [2.45, 2.75) is 45.1 Å². The average molecular weight is 225 g/mol. The maximum Gasteiger partial charge on any atom is 0.328 e. The van der Waals surface area contributed by atoms with Crippen molar-refractivity contribution in [1.29, 1.82) is 0 Å². The minimum absolute atomic E-state index is 0.0531. The maximum absolute atomic E-state index is 12.0. The zero-order valence-corrected chi connectivity index (χ0v) is 9.82. The first-order valence-electron chi connectivity index (χ1n) is 5.95. The Labute approximate surface area is 95.4 Å². The minimum atomic E-state index is -1.15. The van der Waals surface area contributed by atoms with Crippen LogP contribution in [-0.4, -0.2) is 22.5 Å². The van der Waals surface area contributed by atoms with E-state index in [1.54, 1.807) is 0 Å². The second-order valence-electron chi connectivity index (χ2n) is 5.70. The van der Waals surface area contributed by atoms with Crippen molar-refractivity contribution < 1.29 is 14.7 Å². The molecule has 90 valence electrons. The number of carboxylic acid groups (broad SMARTS) is 1. The van der Waals surface area contributed by atoms with Gasteiger partial charge in [0, 0.05) is 5.92 Å². The van der Waals surface area contributed by atoms with E-state index in [1.165, 1.54) is 20.3 Å². The molecule has 4 nitrogen and oxygen atoms in total. The molecule has 0 aromatic carbocycles. The van der Waals surface area contributed by atoms with Gasteiger partial charge in [-0.15, -0.1) is 0 Å². The lowest BCUT2D eigenvalue weighted by atomic mass is 9.87. The van der Waals surface area contributed by atoms with Gasteiger partial charge in [-0.05, 0) is 44.9 Å². The zero-order valence-electron chi connectivity index (χ0n) is 9.82. The van der Waals surface area contributed by atoms with Crippen molar-refractivity contribution in [3.63, 3.8) is 0 Å². The molecule has 0 heterocycles. The number of carbonyl (C=O) groups is 2. The first kappa shape index (κ1) is 11.4. The second kappa shape index (κ2) is 3.75. The summed E-state index contributed by atoms with van der Waals surface area (Å²) in [5.41, 5.74) is -1.15. The molecule has 4 heteroatoms. The highest BCUT2D eigenvalue weighted by molar-refractivity contribution is 5.87. The smallest absolute Gasteiger partial charge is 0.328 e. The molecule has 0 saturated heterocycles. The van der Waals surface area contributed by atoms with Crippen LogP contribution < -0.4 is 5.32 Å². The van der Waals surface area contributed by atoms with Gasteiger partial charge in [0.2, 0.25) is 5.91 Å². The number of fused-ring (bicyclic) bond motifs is 2. The van der Waals surface area contributed by atoms with Crippen molar-refractivity contribution in [1.82, 2.24) is 5.32 Å². The number of carbonyl (C=O) groups excluding carboxylic acids is 1. The molecule has 0 radical (unpaired) electrons. The Kier molecular flexibility index (Phi) is 2.68. The van der Waals surface area contributed by atoms with Gasteiger partial charge in [-0.25, -0.2) is 4.79 Å². The van der Waals surface area contributed by atoms with Crippen LogP contribution in [0.4, 0.5) is 0 Å². The van der Waals surface area contributed by atoms with E-state index in [4.69, 9.17) is 5.11 Å². The summed E-state index contributed by atoms with van der Waals surface area (Å²) >= 11 is 0. The molecule has 1 amide bonds. The van der Waals surface area contributed by atoms with Gasteiger partial charge in [-0.2, -0.15) is 0 Å². The van der Waals surface area contributed by atoms with Crippen LogP contribution in [0.25, 0.3) is 0 Å². The topological polar surface area (TPSA) is 66.4 Å². The van der Waals surface area contributed by atoms with Gasteiger partial charge in [0.25, 0.3) is 0 Å². The molecule has 0 aromatic heterocycles. The SMILES string of the molecule is CC(C)(NC(=O)C1CC2CCC1C2)C(=O)O. The fourth-order valence-corrected chi connectivity index (χ4v) is 3.02. The van der Waals surface area contributed by atoms with Crippen LogP contribution >= 0.6 is 0 Å². The van der Waals surface area contributed by atoms with Gasteiger partial charge in [0.15, 0.2) is 0 Å². The Morgan fingerprint density at radius 3 is 2.38 bits per heavy atom.